The zero-order valence-electron chi connectivity index (χ0n) is 10.7. The molecule has 0 N–H and O–H groups in total. The van der Waals surface area contributed by atoms with Gasteiger partial charge in [0, 0.05) is 6.42 Å². The molecule has 92 valence electrons. The van der Waals surface area contributed by atoms with E-state index in [9.17, 15) is 4.79 Å². The first-order valence-electron chi connectivity index (χ1n) is 6.03. The SMILES string of the molecule is C=CC(=O)CC.c1ccc(-c2ccccc2)cc1. The predicted octanol–water partition coefficient (Wildman–Crippen LogP) is 4.51. The van der Waals surface area contributed by atoms with Crippen molar-refractivity contribution in [1.82, 2.24) is 0 Å². The Morgan fingerprint density at radius 2 is 1.33 bits per heavy atom. The van der Waals surface area contributed by atoms with E-state index in [2.05, 4.69) is 55.1 Å². The molecule has 18 heavy (non-hydrogen) atoms. The van der Waals surface area contributed by atoms with Crippen molar-refractivity contribution < 1.29 is 4.79 Å². The lowest BCUT2D eigenvalue weighted by Crippen LogP contribution is -1.83. The van der Waals surface area contributed by atoms with E-state index in [-0.39, 0.29) is 5.78 Å². The van der Waals surface area contributed by atoms with E-state index in [1.807, 2.05) is 19.1 Å². The van der Waals surface area contributed by atoms with Crippen molar-refractivity contribution in [3.05, 3.63) is 73.3 Å². The topological polar surface area (TPSA) is 17.1 Å². The normalized spacial score (nSPS) is 8.94. The minimum Gasteiger partial charge on any atom is -0.295 e. The second-order valence-electron chi connectivity index (χ2n) is 3.76. The van der Waals surface area contributed by atoms with E-state index in [1.165, 1.54) is 17.2 Å². The summed E-state index contributed by atoms with van der Waals surface area (Å²) in [5.74, 6) is 0.106. The number of carbonyl (C=O) groups excluding carboxylic acids is 1. The Kier molecular flexibility index (Phi) is 6.20. The first-order valence-corrected chi connectivity index (χ1v) is 6.03. The quantitative estimate of drug-likeness (QED) is 0.719. The number of ketones is 1. The molecule has 0 aromatic heterocycles. The third-order valence-electron chi connectivity index (χ3n) is 2.46. The molecule has 2 aromatic carbocycles. The van der Waals surface area contributed by atoms with Crippen LogP contribution in [-0.2, 0) is 4.79 Å². The molecule has 0 fully saturated rings. The lowest BCUT2D eigenvalue weighted by Gasteiger charge is -1.98. The summed E-state index contributed by atoms with van der Waals surface area (Å²) in [5.41, 5.74) is 2.55. The van der Waals surface area contributed by atoms with Gasteiger partial charge in [0.25, 0.3) is 0 Å². The highest BCUT2D eigenvalue weighted by Gasteiger charge is 1.91. The highest BCUT2D eigenvalue weighted by molar-refractivity contribution is 5.88. The summed E-state index contributed by atoms with van der Waals surface area (Å²) >= 11 is 0. The van der Waals surface area contributed by atoms with E-state index < -0.39 is 0 Å². The fourth-order valence-corrected chi connectivity index (χ4v) is 1.41. The van der Waals surface area contributed by atoms with Gasteiger partial charge >= 0.3 is 0 Å². The lowest BCUT2D eigenvalue weighted by atomic mass is 10.1. The Bertz CT molecular complexity index is 434. The molecular formula is C17H18O. The van der Waals surface area contributed by atoms with Crippen LogP contribution in [0.3, 0.4) is 0 Å². The van der Waals surface area contributed by atoms with Gasteiger partial charge in [-0.3, -0.25) is 4.79 Å². The van der Waals surface area contributed by atoms with Crippen molar-refractivity contribution in [3.8, 4) is 11.1 Å². The van der Waals surface area contributed by atoms with Crippen LogP contribution in [0.1, 0.15) is 13.3 Å². The molecular weight excluding hydrogens is 220 g/mol. The Morgan fingerprint density at radius 3 is 1.56 bits per heavy atom. The highest BCUT2D eigenvalue weighted by Crippen LogP contribution is 2.17. The number of benzene rings is 2. The minimum absolute atomic E-state index is 0.106. The van der Waals surface area contributed by atoms with E-state index in [0.29, 0.717) is 6.42 Å². The first kappa shape index (κ1) is 13.9. The fraction of sp³-hybridized carbons (Fsp3) is 0.118. The zero-order chi connectivity index (χ0) is 13.2. The lowest BCUT2D eigenvalue weighted by molar-refractivity contribution is -0.114. The first-order chi connectivity index (χ1) is 8.77. The molecule has 0 bridgehead atoms. The maximum Gasteiger partial charge on any atom is 0.154 e. The van der Waals surface area contributed by atoms with E-state index in [4.69, 9.17) is 0 Å². The predicted molar refractivity (Wildman–Crippen MR) is 77.4 cm³/mol. The average Bonchev–Trinajstić information content (AvgIpc) is 2.49. The van der Waals surface area contributed by atoms with Crippen LogP contribution < -0.4 is 0 Å². The molecule has 0 heterocycles. The third kappa shape index (κ3) is 4.79. The Balaban J connectivity index is 0.000000232. The summed E-state index contributed by atoms with van der Waals surface area (Å²) in [4.78, 5) is 10.1. The molecule has 0 atom stereocenters. The molecule has 0 saturated carbocycles. The molecule has 0 amide bonds. The summed E-state index contributed by atoms with van der Waals surface area (Å²) in [6, 6.07) is 20.8. The van der Waals surface area contributed by atoms with Crippen molar-refractivity contribution in [2.75, 3.05) is 0 Å². The maximum atomic E-state index is 10.1. The van der Waals surface area contributed by atoms with Gasteiger partial charge in [-0.05, 0) is 17.2 Å². The van der Waals surface area contributed by atoms with E-state index >= 15 is 0 Å². The summed E-state index contributed by atoms with van der Waals surface area (Å²) in [6.07, 6.45) is 1.91. The van der Waals surface area contributed by atoms with Crippen molar-refractivity contribution in [2.24, 2.45) is 0 Å². The molecule has 2 rings (SSSR count). The summed E-state index contributed by atoms with van der Waals surface area (Å²) in [7, 11) is 0. The van der Waals surface area contributed by atoms with Crippen LogP contribution in [0.4, 0.5) is 0 Å². The fourth-order valence-electron chi connectivity index (χ4n) is 1.41. The molecule has 0 aliphatic heterocycles. The summed E-state index contributed by atoms with van der Waals surface area (Å²) in [6.45, 7) is 5.09. The van der Waals surface area contributed by atoms with Crippen LogP contribution in [0.5, 0.6) is 0 Å². The van der Waals surface area contributed by atoms with Gasteiger partial charge in [0.15, 0.2) is 5.78 Å². The number of rotatable bonds is 3. The second kappa shape index (κ2) is 8.02. The minimum atomic E-state index is 0.106. The van der Waals surface area contributed by atoms with Crippen molar-refractivity contribution >= 4 is 5.78 Å². The van der Waals surface area contributed by atoms with Crippen molar-refractivity contribution in [2.45, 2.75) is 13.3 Å². The van der Waals surface area contributed by atoms with Gasteiger partial charge < -0.3 is 0 Å². The number of hydrogen-bond acceptors (Lipinski definition) is 1. The van der Waals surface area contributed by atoms with E-state index in [0.717, 1.165) is 0 Å². The van der Waals surface area contributed by atoms with Gasteiger partial charge in [0.1, 0.15) is 0 Å². The van der Waals surface area contributed by atoms with Crippen LogP contribution in [0.2, 0.25) is 0 Å². The molecule has 0 unspecified atom stereocenters. The number of allylic oxidation sites excluding steroid dienone is 1. The zero-order valence-corrected chi connectivity index (χ0v) is 10.7. The monoisotopic (exact) mass is 238 g/mol. The van der Waals surface area contributed by atoms with Crippen molar-refractivity contribution in [3.63, 3.8) is 0 Å². The van der Waals surface area contributed by atoms with Crippen LogP contribution in [0.25, 0.3) is 11.1 Å². The Morgan fingerprint density at radius 1 is 0.944 bits per heavy atom. The standard InChI is InChI=1S/C12H10.C5H8O/c1-3-7-11(8-4-1)12-9-5-2-6-10-12;1-3-5(6)4-2/h1-10H;3H,1,4H2,2H3. The highest BCUT2D eigenvalue weighted by atomic mass is 16.1. The molecule has 1 heteroatoms. The van der Waals surface area contributed by atoms with Gasteiger partial charge in [-0.2, -0.15) is 0 Å². The molecule has 0 saturated heterocycles. The maximum absolute atomic E-state index is 10.1. The van der Waals surface area contributed by atoms with E-state index in [1.54, 1.807) is 0 Å². The van der Waals surface area contributed by atoms with Crippen molar-refractivity contribution in [1.29, 1.82) is 0 Å². The van der Waals surface area contributed by atoms with Gasteiger partial charge in [-0.1, -0.05) is 74.2 Å². The Hall–Kier alpha value is -2.15. The number of carbonyl (C=O) groups is 1. The van der Waals surface area contributed by atoms with Gasteiger partial charge in [0.05, 0.1) is 0 Å². The molecule has 0 radical (unpaired) electrons. The van der Waals surface area contributed by atoms with Crippen LogP contribution in [0.15, 0.2) is 73.3 Å². The smallest absolute Gasteiger partial charge is 0.154 e. The van der Waals surface area contributed by atoms with Crippen LogP contribution in [0, 0.1) is 0 Å². The Labute approximate surface area is 109 Å². The molecule has 1 nitrogen and oxygen atoms in total. The van der Waals surface area contributed by atoms with Crippen LogP contribution in [-0.4, -0.2) is 5.78 Å². The average molecular weight is 238 g/mol. The van der Waals surface area contributed by atoms with Gasteiger partial charge in [-0.25, -0.2) is 0 Å². The third-order valence-corrected chi connectivity index (χ3v) is 2.46. The second-order valence-corrected chi connectivity index (χ2v) is 3.76. The van der Waals surface area contributed by atoms with Gasteiger partial charge in [0.2, 0.25) is 0 Å². The van der Waals surface area contributed by atoms with Crippen LogP contribution >= 0.6 is 0 Å². The van der Waals surface area contributed by atoms with Gasteiger partial charge in [-0.15, -0.1) is 0 Å². The molecule has 0 spiro atoms. The summed E-state index contributed by atoms with van der Waals surface area (Å²) in [5, 5.41) is 0. The molecule has 0 aliphatic carbocycles. The largest absolute Gasteiger partial charge is 0.295 e. The summed E-state index contributed by atoms with van der Waals surface area (Å²) < 4.78 is 0. The number of hydrogen-bond donors (Lipinski definition) is 0. The molecule has 0 aliphatic rings. The molecule has 2 aromatic rings.